The van der Waals surface area contributed by atoms with Crippen molar-refractivity contribution in [2.24, 2.45) is 5.73 Å². The van der Waals surface area contributed by atoms with Gasteiger partial charge < -0.3 is 5.73 Å². The maximum absolute atomic E-state index is 5.88. The summed E-state index contributed by atoms with van der Waals surface area (Å²) in [6.07, 6.45) is 3.28. The van der Waals surface area contributed by atoms with Crippen LogP contribution in [-0.2, 0) is 0 Å². The van der Waals surface area contributed by atoms with Crippen LogP contribution in [0, 0.1) is 20.8 Å². The lowest BCUT2D eigenvalue weighted by Gasteiger charge is -2.08. The molecule has 3 nitrogen and oxygen atoms in total. The Morgan fingerprint density at radius 2 is 1.76 bits per heavy atom. The first kappa shape index (κ1) is 14.5. The van der Waals surface area contributed by atoms with Gasteiger partial charge in [-0.05, 0) is 45.6 Å². The Bertz CT molecular complexity index is 343. The van der Waals surface area contributed by atoms with E-state index in [1.54, 1.807) is 11.8 Å². The van der Waals surface area contributed by atoms with Gasteiger partial charge in [0, 0.05) is 23.2 Å². The highest BCUT2D eigenvalue weighted by atomic mass is 32.2. The van der Waals surface area contributed by atoms with Crippen molar-refractivity contribution in [3.63, 3.8) is 0 Å². The van der Waals surface area contributed by atoms with Crippen molar-refractivity contribution in [1.82, 2.24) is 9.97 Å². The van der Waals surface area contributed by atoms with E-state index >= 15 is 0 Å². The van der Waals surface area contributed by atoms with Crippen LogP contribution in [0.2, 0.25) is 0 Å². The van der Waals surface area contributed by atoms with Gasteiger partial charge in [-0.3, -0.25) is 0 Å². The van der Waals surface area contributed by atoms with Gasteiger partial charge in [0.15, 0.2) is 5.16 Å². The lowest BCUT2D eigenvalue weighted by atomic mass is 10.1. The predicted molar refractivity (Wildman–Crippen MR) is 74.5 cm³/mol. The molecule has 0 spiro atoms. The molecule has 0 saturated carbocycles. The summed E-state index contributed by atoms with van der Waals surface area (Å²) in [6.45, 7) is 8.29. The minimum atomic E-state index is 0.345. The molecule has 0 saturated heterocycles. The van der Waals surface area contributed by atoms with Gasteiger partial charge in [0.1, 0.15) is 0 Å². The van der Waals surface area contributed by atoms with Crippen molar-refractivity contribution in [2.45, 2.75) is 58.2 Å². The largest absolute Gasteiger partial charge is 0.328 e. The van der Waals surface area contributed by atoms with Gasteiger partial charge in [0.25, 0.3) is 0 Å². The Labute approximate surface area is 109 Å². The van der Waals surface area contributed by atoms with Crippen LogP contribution in [0.1, 0.15) is 43.1 Å². The van der Waals surface area contributed by atoms with Crippen molar-refractivity contribution in [2.75, 3.05) is 5.75 Å². The van der Waals surface area contributed by atoms with Crippen molar-refractivity contribution < 1.29 is 0 Å². The van der Waals surface area contributed by atoms with Gasteiger partial charge in [0.05, 0.1) is 0 Å². The van der Waals surface area contributed by atoms with E-state index in [1.165, 1.54) is 5.56 Å². The normalized spacial score (nSPS) is 12.8. The van der Waals surface area contributed by atoms with Gasteiger partial charge in [-0.2, -0.15) is 0 Å². The molecular formula is C13H23N3S. The Morgan fingerprint density at radius 3 is 2.29 bits per heavy atom. The fourth-order valence-corrected chi connectivity index (χ4v) is 2.42. The summed E-state index contributed by atoms with van der Waals surface area (Å²) in [5.41, 5.74) is 9.25. The molecule has 1 rings (SSSR count). The predicted octanol–water partition coefficient (Wildman–Crippen LogP) is 3.01. The summed E-state index contributed by atoms with van der Waals surface area (Å²) in [6, 6.07) is 0.345. The first-order valence-electron chi connectivity index (χ1n) is 6.24. The van der Waals surface area contributed by atoms with E-state index in [2.05, 4.69) is 23.8 Å². The van der Waals surface area contributed by atoms with Crippen molar-refractivity contribution in [3.05, 3.63) is 17.0 Å². The van der Waals surface area contributed by atoms with Gasteiger partial charge in [0.2, 0.25) is 0 Å². The summed E-state index contributed by atoms with van der Waals surface area (Å²) in [5.74, 6) is 1.05. The molecule has 4 heteroatoms. The van der Waals surface area contributed by atoms with Crippen LogP contribution in [-0.4, -0.2) is 21.8 Å². The van der Waals surface area contributed by atoms with E-state index in [9.17, 15) is 0 Å². The number of hydrogen-bond acceptors (Lipinski definition) is 4. The smallest absolute Gasteiger partial charge is 0.187 e. The molecule has 1 heterocycles. The molecule has 0 radical (unpaired) electrons. The second-order valence-electron chi connectivity index (χ2n) is 4.46. The number of aryl methyl sites for hydroxylation is 2. The number of aromatic nitrogens is 2. The first-order chi connectivity index (χ1) is 8.04. The Hall–Kier alpha value is -0.610. The minimum absolute atomic E-state index is 0.345. The number of nitrogens with zero attached hydrogens (tertiary/aromatic N) is 2. The molecule has 0 fully saturated rings. The van der Waals surface area contributed by atoms with Crippen molar-refractivity contribution >= 4 is 11.8 Å². The van der Waals surface area contributed by atoms with Crippen LogP contribution in [0.15, 0.2) is 5.16 Å². The Kier molecular flexibility index (Phi) is 5.92. The quantitative estimate of drug-likeness (QED) is 0.481. The molecule has 96 valence electrons. The zero-order valence-electron chi connectivity index (χ0n) is 11.3. The minimum Gasteiger partial charge on any atom is -0.328 e. The number of hydrogen-bond donors (Lipinski definition) is 1. The molecule has 17 heavy (non-hydrogen) atoms. The second kappa shape index (κ2) is 6.97. The monoisotopic (exact) mass is 253 g/mol. The third kappa shape index (κ3) is 4.64. The average molecular weight is 253 g/mol. The van der Waals surface area contributed by atoms with Crippen molar-refractivity contribution in [3.8, 4) is 0 Å². The van der Waals surface area contributed by atoms with Gasteiger partial charge >= 0.3 is 0 Å². The molecule has 0 bridgehead atoms. The highest BCUT2D eigenvalue weighted by Crippen LogP contribution is 2.18. The van der Waals surface area contributed by atoms with Crippen LogP contribution in [0.4, 0.5) is 0 Å². The van der Waals surface area contributed by atoms with Gasteiger partial charge in [-0.25, -0.2) is 9.97 Å². The third-order valence-electron chi connectivity index (χ3n) is 3.09. The van der Waals surface area contributed by atoms with E-state index in [0.29, 0.717) is 6.04 Å². The van der Waals surface area contributed by atoms with E-state index in [4.69, 9.17) is 5.73 Å². The second-order valence-corrected chi connectivity index (χ2v) is 5.52. The number of rotatable bonds is 6. The standard InChI is InChI=1S/C13H23N3S/c1-5-12(14)7-6-8-17-13-15-10(3)9(2)11(4)16-13/h12H,5-8,14H2,1-4H3. The molecule has 0 aromatic carbocycles. The summed E-state index contributed by atoms with van der Waals surface area (Å²) in [5, 5.41) is 0.899. The molecule has 0 aliphatic heterocycles. The first-order valence-corrected chi connectivity index (χ1v) is 7.23. The highest BCUT2D eigenvalue weighted by Gasteiger charge is 2.05. The summed E-state index contributed by atoms with van der Waals surface area (Å²) >= 11 is 1.73. The van der Waals surface area contributed by atoms with E-state index in [-0.39, 0.29) is 0 Å². The van der Waals surface area contributed by atoms with Gasteiger partial charge in [-0.1, -0.05) is 18.7 Å². The van der Waals surface area contributed by atoms with Crippen LogP contribution < -0.4 is 5.73 Å². The topological polar surface area (TPSA) is 51.8 Å². The van der Waals surface area contributed by atoms with E-state index in [1.807, 2.05) is 13.8 Å². The summed E-state index contributed by atoms with van der Waals surface area (Å²) in [7, 11) is 0. The molecule has 1 unspecified atom stereocenters. The number of thioether (sulfide) groups is 1. The SMILES string of the molecule is CCC(N)CCCSc1nc(C)c(C)c(C)n1. The van der Waals surface area contributed by atoms with Crippen LogP contribution >= 0.6 is 11.8 Å². The summed E-state index contributed by atoms with van der Waals surface area (Å²) in [4.78, 5) is 8.98. The Balaban J connectivity index is 2.42. The highest BCUT2D eigenvalue weighted by molar-refractivity contribution is 7.99. The van der Waals surface area contributed by atoms with E-state index in [0.717, 1.165) is 41.6 Å². The number of nitrogens with two attached hydrogens (primary N) is 1. The fourth-order valence-electron chi connectivity index (χ4n) is 1.52. The van der Waals surface area contributed by atoms with Crippen molar-refractivity contribution in [1.29, 1.82) is 0 Å². The zero-order chi connectivity index (χ0) is 12.8. The third-order valence-corrected chi connectivity index (χ3v) is 4.02. The van der Waals surface area contributed by atoms with Crippen LogP contribution in [0.25, 0.3) is 0 Å². The molecule has 0 aliphatic rings. The lowest BCUT2D eigenvalue weighted by molar-refractivity contribution is 0.589. The molecule has 2 N–H and O–H groups in total. The Morgan fingerprint density at radius 1 is 1.18 bits per heavy atom. The fraction of sp³-hybridized carbons (Fsp3) is 0.692. The van der Waals surface area contributed by atoms with Gasteiger partial charge in [-0.15, -0.1) is 0 Å². The molecule has 0 amide bonds. The zero-order valence-corrected chi connectivity index (χ0v) is 12.1. The van der Waals surface area contributed by atoms with Crippen LogP contribution in [0.3, 0.4) is 0 Å². The van der Waals surface area contributed by atoms with Crippen LogP contribution in [0.5, 0.6) is 0 Å². The molecular weight excluding hydrogens is 230 g/mol. The lowest BCUT2D eigenvalue weighted by Crippen LogP contribution is -2.18. The molecule has 1 aromatic heterocycles. The molecule has 1 atom stereocenters. The maximum atomic E-state index is 5.88. The summed E-state index contributed by atoms with van der Waals surface area (Å²) < 4.78 is 0. The molecule has 0 aliphatic carbocycles. The van der Waals surface area contributed by atoms with E-state index < -0.39 is 0 Å². The molecule has 1 aromatic rings. The maximum Gasteiger partial charge on any atom is 0.187 e. The average Bonchev–Trinajstić information content (AvgIpc) is 2.31.